The SMILES string of the molecule is COc1ccccc1N1CCN(C(=O)CCn2ccn3nc(-c4ccc(C)c(C)c4)cc3c2=O)CC1. The van der Waals surface area contributed by atoms with E-state index in [0.717, 1.165) is 35.8 Å². The second kappa shape index (κ2) is 9.89. The molecule has 1 amide bonds. The average Bonchev–Trinajstić information content (AvgIpc) is 3.35. The second-order valence-corrected chi connectivity index (χ2v) is 9.24. The highest BCUT2D eigenvalue weighted by Gasteiger charge is 2.23. The summed E-state index contributed by atoms with van der Waals surface area (Å²) in [5.74, 6) is 0.901. The number of fused-ring (bicyclic) bond motifs is 1. The standard InChI is InChI=1S/C28H31N5O3/c1-20-8-9-22(18-21(20)2)23-19-25-28(35)32(16-17-33(25)29-23)11-10-27(34)31-14-12-30(13-15-31)24-6-4-5-7-26(24)36-3/h4-9,16-19H,10-15H2,1-3H3. The molecule has 3 heterocycles. The molecule has 1 fully saturated rings. The van der Waals surface area contributed by atoms with Gasteiger partial charge in [0.1, 0.15) is 11.3 Å². The molecule has 1 aliphatic heterocycles. The van der Waals surface area contributed by atoms with Crippen molar-refractivity contribution in [1.29, 1.82) is 0 Å². The van der Waals surface area contributed by atoms with E-state index in [2.05, 4.69) is 36.0 Å². The number of carbonyl (C=O) groups is 1. The molecule has 0 saturated carbocycles. The second-order valence-electron chi connectivity index (χ2n) is 9.24. The van der Waals surface area contributed by atoms with Gasteiger partial charge in [0.25, 0.3) is 5.56 Å². The Kier molecular flexibility index (Phi) is 6.50. The number of benzene rings is 2. The van der Waals surface area contributed by atoms with Crippen molar-refractivity contribution >= 4 is 17.1 Å². The minimum absolute atomic E-state index is 0.0609. The van der Waals surface area contributed by atoms with Crippen LogP contribution in [0.4, 0.5) is 5.69 Å². The minimum Gasteiger partial charge on any atom is -0.495 e. The Morgan fingerprint density at radius 2 is 1.75 bits per heavy atom. The molecule has 1 saturated heterocycles. The molecule has 5 rings (SSSR count). The third-order valence-corrected chi connectivity index (χ3v) is 7.03. The highest BCUT2D eigenvalue weighted by atomic mass is 16.5. The quantitative estimate of drug-likeness (QED) is 0.418. The zero-order valence-electron chi connectivity index (χ0n) is 21.0. The Morgan fingerprint density at radius 1 is 0.972 bits per heavy atom. The van der Waals surface area contributed by atoms with Crippen LogP contribution in [0, 0.1) is 13.8 Å². The molecule has 0 aliphatic carbocycles. The number of hydrogen-bond acceptors (Lipinski definition) is 5. The summed E-state index contributed by atoms with van der Waals surface area (Å²) in [5.41, 5.74) is 5.55. The molecule has 0 atom stereocenters. The Balaban J connectivity index is 1.23. The summed E-state index contributed by atoms with van der Waals surface area (Å²) in [6, 6.07) is 15.9. The van der Waals surface area contributed by atoms with Crippen molar-refractivity contribution in [2.75, 3.05) is 38.2 Å². The Morgan fingerprint density at radius 3 is 2.50 bits per heavy atom. The van der Waals surface area contributed by atoms with Gasteiger partial charge in [-0.05, 0) is 49.2 Å². The maximum Gasteiger partial charge on any atom is 0.276 e. The Labute approximate surface area is 210 Å². The molecule has 2 aromatic carbocycles. The number of rotatable bonds is 6. The van der Waals surface area contributed by atoms with Crippen molar-refractivity contribution < 1.29 is 9.53 Å². The number of hydrogen-bond donors (Lipinski definition) is 0. The first-order chi connectivity index (χ1) is 17.4. The number of methoxy groups -OCH3 is 1. The van der Waals surface area contributed by atoms with Gasteiger partial charge in [0, 0.05) is 57.1 Å². The minimum atomic E-state index is -0.145. The third kappa shape index (κ3) is 4.58. The lowest BCUT2D eigenvalue weighted by atomic mass is 10.0. The lowest BCUT2D eigenvalue weighted by molar-refractivity contribution is -0.131. The van der Waals surface area contributed by atoms with E-state index < -0.39 is 0 Å². The van der Waals surface area contributed by atoms with Crippen molar-refractivity contribution in [1.82, 2.24) is 19.1 Å². The number of ether oxygens (including phenoxy) is 1. The normalized spacial score (nSPS) is 13.9. The van der Waals surface area contributed by atoms with Crippen LogP contribution in [0.15, 0.2) is 65.7 Å². The molecule has 186 valence electrons. The molecule has 0 spiro atoms. The zero-order chi connectivity index (χ0) is 25.2. The van der Waals surface area contributed by atoms with Crippen LogP contribution in [0.3, 0.4) is 0 Å². The topological polar surface area (TPSA) is 72.1 Å². The molecule has 8 heteroatoms. The first kappa shape index (κ1) is 23.7. The summed E-state index contributed by atoms with van der Waals surface area (Å²) in [5, 5.41) is 4.58. The van der Waals surface area contributed by atoms with Gasteiger partial charge in [0.2, 0.25) is 5.91 Å². The predicted molar refractivity (Wildman–Crippen MR) is 141 cm³/mol. The van der Waals surface area contributed by atoms with Crippen LogP contribution in [0.25, 0.3) is 16.8 Å². The summed E-state index contributed by atoms with van der Waals surface area (Å²) in [4.78, 5) is 30.1. The Bertz CT molecular complexity index is 1460. The number of anilines is 1. The van der Waals surface area contributed by atoms with Gasteiger partial charge >= 0.3 is 0 Å². The van der Waals surface area contributed by atoms with E-state index >= 15 is 0 Å². The molecule has 1 aliphatic rings. The van der Waals surface area contributed by atoms with Crippen LogP contribution in [0.1, 0.15) is 17.5 Å². The van der Waals surface area contributed by atoms with Gasteiger partial charge in [-0.25, -0.2) is 4.52 Å². The number of aromatic nitrogens is 3. The maximum atomic E-state index is 13.1. The van der Waals surface area contributed by atoms with Gasteiger partial charge in [0.05, 0.1) is 18.5 Å². The van der Waals surface area contributed by atoms with Gasteiger partial charge in [-0.3, -0.25) is 9.59 Å². The van der Waals surface area contributed by atoms with E-state index in [1.807, 2.05) is 41.3 Å². The van der Waals surface area contributed by atoms with Crippen molar-refractivity contribution in [3.63, 3.8) is 0 Å². The number of carbonyl (C=O) groups excluding carboxylic acids is 1. The molecule has 0 bridgehead atoms. The fraction of sp³-hybridized carbons (Fsp3) is 0.321. The van der Waals surface area contributed by atoms with Gasteiger partial charge in [-0.2, -0.15) is 5.10 Å². The van der Waals surface area contributed by atoms with Crippen molar-refractivity contribution in [3.8, 4) is 17.0 Å². The van der Waals surface area contributed by atoms with Gasteiger partial charge in [-0.1, -0.05) is 24.3 Å². The molecule has 2 aromatic heterocycles. The van der Waals surface area contributed by atoms with E-state index in [-0.39, 0.29) is 17.9 Å². The van der Waals surface area contributed by atoms with E-state index in [1.54, 1.807) is 28.6 Å². The lowest BCUT2D eigenvalue weighted by Crippen LogP contribution is -2.49. The van der Waals surface area contributed by atoms with Crippen LogP contribution >= 0.6 is 0 Å². The molecule has 0 unspecified atom stereocenters. The zero-order valence-corrected chi connectivity index (χ0v) is 21.0. The first-order valence-corrected chi connectivity index (χ1v) is 12.3. The number of amides is 1. The van der Waals surface area contributed by atoms with Crippen LogP contribution in [0.2, 0.25) is 0 Å². The first-order valence-electron chi connectivity index (χ1n) is 12.3. The fourth-order valence-corrected chi connectivity index (χ4v) is 4.71. The maximum absolute atomic E-state index is 13.1. The van der Waals surface area contributed by atoms with Gasteiger partial charge < -0.3 is 19.1 Å². The number of para-hydroxylation sites is 2. The monoisotopic (exact) mass is 485 g/mol. The molecule has 0 N–H and O–H groups in total. The van der Waals surface area contributed by atoms with Gasteiger partial charge in [-0.15, -0.1) is 0 Å². The Hall–Kier alpha value is -4.07. The van der Waals surface area contributed by atoms with Crippen LogP contribution in [0.5, 0.6) is 5.75 Å². The van der Waals surface area contributed by atoms with Crippen LogP contribution in [-0.2, 0) is 11.3 Å². The van der Waals surface area contributed by atoms with Crippen molar-refractivity contribution in [3.05, 3.63) is 82.4 Å². The summed E-state index contributed by atoms with van der Waals surface area (Å²) in [6.07, 6.45) is 3.76. The molecular formula is C28H31N5O3. The number of aryl methyl sites for hydroxylation is 3. The highest BCUT2D eigenvalue weighted by molar-refractivity contribution is 5.76. The van der Waals surface area contributed by atoms with Crippen LogP contribution in [-0.4, -0.2) is 58.3 Å². The van der Waals surface area contributed by atoms with Crippen LogP contribution < -0.4 is 15.2 Å². The molecular weight excluding hydrogens is 454 g/mol. The largest absolute Gasteiger partial charge is 0.495 e. The predicted octanol–water partition coefficient (Wildman–Crippen LogP) is 3.53. The molecule has 8 nitrogen and oxygen atoms in total. The molecule has 0 radical (unpaired) electrons. The number of piperazine rings is 1. The van der Waals surface area contributed by atoms with E-state index in [4.69, 9.17) is 4.74 Å². The molecule has 36 heavy (non-hydrogen) atoms. The van der Waals surface area contributed by atoms with Gasteiger partial charge in [0.15, 0.2) is 0 Å². The number of nitrogens with zero attached hydrogens (tertiary/aromatic N) is 5. The van der Waals surface area contributed by atoms with E-state index in [9.17, 15) is 9.59 Å². The fourth-order valence-electron chi connectivity index (χ4n) is 4.71. The summed E-state index contributed by atoms with van der Waals surface area (Å²) < 4.78 is 8.69. The van der Waals surface area contributed by atoms with E-state index in [0.29, 0.717) is 25.2 Å². The smallest absolute Gasteiger partial charge is 0.276 e. The third-order valence-electron chi connectivity index (χ3n) is 7.03. The average molecular weight is 486 g/mol. The van der Waals surface area contributed by atoms with E-state index in [1.165, 1.54) is 11.1 Å². The highest BCUT2D eigenvalue weighted by Crippen LogP contribution is 2.28. The molecule has 4 aromatic rings. The summed E-state index contributed by atoms with van der Waals surface area (Å²) in [6.45, 7) is 7.26. The summed E-state index contributed by atoms with van der Waals surface area (Å²) in [7, 11) is 1.67. The van der Waals surface area contributed by atoms with Crippen molar-refractivity contribution in [2.24, 2.45) is 0 Å². The van der Waals surface area contributed by atoms with Crippen molar-refractivity contribution in [2.45, 2.75) is 26.8 Å². The lowest BCUT2D eigenvalue weighted by Gasteiger charge is -2.36. The summed E-state index contributed by atoms with van der Waals surface area (Å²) >= 11 is 0.